The largest absolute Gasteiger partial charge is 1.00 e. The molecule has 11 heteroatoms. The molecule has 0 unspecified atom stereocenters. The first-order valence-electron chi connectivity index (χ1n) is 7.30. The van der Waals surface area contributed by atoms with Gasteiger partial charge in [-0.25, -0.2) is 0 Å². The van der Waals surface area contributed by atoms with Crippen molar-refractivity contribution in [3.63, 3.8) is 0 Å². The van der Waals surface area contributed by atoms with Gasteiger partial charge in [-0.2, -0.15) is 9.13 Å². The summed E-state index contributed by atoms with van der Waals surface area (Å²) in [6.07, 6.45) is 11.2. The third-order valence-electron chi connectivity index (χ3n) is 3.33. The second-order valence-electron chi connectivity index (χ2n) is 4.88. The van der Waals surface area contributed by atoms with Crippen molar-refractivity contribution < 1.29 is 49.1 Å². The maximum absolute atomic E-state index is 8.91. The number of hydrogen-bond donors (Lipinski definition) is 2. The molecule has 0 bridgehead atoms. The molecule has 0 aliphatic heterocycles. The number of oxime groups is 2. The Labute approximate surface area is 178 Å². The standard InChI is InChI=1S/C16H18N4O3S2.2ClH/c1-24-15(17-21)13-3-7-19(8-4-13)11-23-12-20-9-5-14(6-10-20)16(18-22)25-2;;/h3-10H,11-12H2,1-2H3;2*1H. The molecule has 27 heavy (non-hydrogen) atoms. The Bertz CT molecular complexity index is 681. The van der Waals surface area contributed by atoms with Crippen LogP contribution in [-0.2, 0) is 18.2 Å². The van der Waals surface area contributed by atoms with Crippen molar-refractivity contribution in [1.82, 2.24) is 0 Å². The van der Waals surface area contributed by atoms with Crippen LogP contribution >= 0.6 is 23.5 Å². The van der Waals surface area contributed by atoms with E-state index in [9.17, 15) is 0 Å². The monoisotopic (exact) mass is 450 g/mol. The van der Waals surface area contributed by atoms with Crippen LogP contribution in [0.15, 0.2) is 59.4 Å². The summed E-state index contributed by atoms with van der Waals surface area (Å²) in [5.41, 5.74) is 1.71. The highest BCUT2D eigenvalue weighted by atomic mass is 35.5. The summed E-state index contributed by atoms with van der Waals surface area (Å²) < 4.78 is 9.44. The highest BCUT2D eigenvalue weighted by Gasteiger charge is 2.09. The zero-order valence-electron chi connectivity index (χ0n) is 14.7. The van der Waals surface area contributed by atoms with Crippen LogP contribution in [0.1, 0.15) is 11.1 Å². The molecule has 0 atom stereocenters. The van der Waals surface area contributed by atoms with Crippen LogP contribution in [0.3, 0.4) is 0 Å². The van der Waals surface area contributed by atoms with E-state index in [1.807, 2.05) is 70.7 Å². The molecule has 0 amide bonds. The van der Waals surface area contributed by atoms with Gasteiger partial charge in [-0.3, -0.25) is 4.74 Å². The topological polar surface area (TPSA) is 82.2 Å². The van der Waals surface area contributed by atoms with Crippen molar-refractivity contribution in [2.75, 3.05) is 12.5 Å². The zero-order chi connectivity index (χ0) is 18.1. The van der Waals surface area contributed by atoms with E-state index in [1.54, 1.807) is 0 Å². The first-order valence-corrected chi connectivity index (χ1v) is 9.75. The lowest BCUT2D eigenvalue weighted by molar-refractivity contribution is -0.788. The lowest BCUT2D eigenvalue weighted by Crippen LogP contribution is -3.00. The van der Waals surface area contributed by atoms with Crippen LogP contribution in [0.5, 0.6) is 0 Å². The van der Waals surface area contributed by atoms with Gasteiger partial charge in [0.25, 0.3) is 13.5 Å². The number of pyridine rings is 2. The highest BCUT2D eigenvalue weighted by Crippen LogP contribution is 2.09. The van der Waals surface area contributed by atoms with Crippen LogP contribution < -0.4 is 33.9 Å². The maximum Gasteiger partial charge on any atom is 0.257 e. The van der Waals surface area contributed by atoms with Crippen LogP contribution in [0.25, 0.3) is 0 Å². The molecule has 0 aliphatic carbocycles. The van der Waals surface area contributed by atoms with Crippen molar-refractivity contribution in [3.05, 3.63) is 60.2 Å². The first-order chi connectivity index (χ1) is 12.2. The molecule has 148 valence electrons. The van der Waals surface area contributed by atoms with E-state index in [-0.39, 0.29) is 24.8 Å². The Balaban J connectivity index is 0.00000338. The van der Waals surface area contributed by atoms with Gasteiger partial charge < -0.3 is 35.2 Å². The number of halogens is 2. The van der Waals surface area contributed by atoms with Gasteiger partial charge in [0.15, 0.2) is 24.8 Å². The van der Waals surface area contributed by atoms with E-state index in [2.05, 4.69) is 10.3 Å². The molecule has 7 nitrogen and oxygen atoms in total. The van der Waals surface area contributed by atoms with Gasteiger partial charge in [0, 0.05) is 35.4 Å². The minimum Gasteiger partial charge on any atom is -1.00 e. The van der Waals surface area contributed by atoms with Gasteiger partial charge in [-0.1, -0.05) is 10.3 Å². The molecule has 0 saturated carbocycles. The fourth-order valence-corrected chi connectivity index (χ4v) is 2.96. The Kier molecular flexibility index (Phi) is 12.9. The molecular formula is C16H20Cl2N4O3S2. The molecular weight excluding hydrogens is 431 g/mol. The summed E-state index contributed by atoms with van der Waals surface area (Å²) in [5.74, 6) is 0. The fourth-order valence-electron chi connectivity index (χ4n) is 2.06. The van der Waals surface area contributed by atoms with Crippen molar-refractivity contribution in [1.29, 1.82) is 0 Å². The molecule has 0 aromatic carbocycles. The number of rotatable bonds is 6. The van der Waals surface area contributed by atoms with Crippen molar-refractivity contribution in [3.8, 4) is 0 Å². The van der Waals surface area contributed by atoms with Crippen LogP contribution in [0, 0.1) is 0 Å². The van der Waals surface area contributed by atoms with E-state index < -0.39 is 0 Å². The molecule has 0 radical (unpaired) electrons. The summed E-state index contributed by atoms with van der Waals surface area (Å²) in [5, 5.41) is 25.5. The van der Waals surface area contributed by atoms with E-state index in [0.717, 1.165) is 11.1 Å². The van der Waals surface area contributed by atoms with Crippen LogP contribution in [0.2, 0.25) is 0 Å². The molecule has 2 N–H and O–H groups in total. The van der Waals surface area contributed by atoms with Crippen molar-refractivity contribution in [2.45, 2.75) is 13.5 Å². The van der Waals surface area contributed by atoms with E-state index in [0.29, 0.717) is 23.5 Å². The lowest BCUT2D eigenvalue weighted by atomic mass is 10.3. The molecule has 0 fully saturated rings. The van der Waals surface area contributed by atoms with Gasteiger partial charge >= 0.3 is 0 Å². The van der Waals surface area contributed by atoms with Crippen LogP contribution in [0.4, 0.5) is 0 Å². The first kappa shape index (κ1) is 25.5. The Morgan fingerprint density at radius 2 is 1.15 bits per heavy atom. The Morgan fingerprint density at radius 1 is 0.815 bits per heavy atom. The van der Waals surface area contributed by atoms with Gasteiger partial charge in [-0.15, -0.1) is 23.5 Å². The van der Waals surface area contributed by atoms with E-state index >= 15 is 0 Å². The molecule has 0 saturated heterocycles. The average molecular weight is 451 g/mol. The Morgan fingerprint density at radius 3 is 1.41 bits per heavy atom. The molecule has 2 aromatic rings. The average Bonchev–Trinajstić information content (AvgIpc) is 2.66. The molecule has 0 aliphatic rings. The maximum atomic E-state index is 8.91. The number of aromatic nitrogens is 2. The molecule has 2 rings (SSSR count). The second kappa shape index (κ2) is 13.6. The van der Waals surface area contributed by atoms with Gasteiger partial charge in [-0.05, 0) is 12.5 Å². The van der Waals surface area contributed by atoms with E-state index in [1.165, 1.54) is 23.5 Å². The third kappa shape index (κ3) is 7.55. The predicted octanol–water partition coefficient (Wildman–Crippen LogP) is -4.10. The van der Waals surface area contributed by atoms with Crippen molar-refractivity contribution in [2.24, 2.45) is 10.3 Å². The number of hydrogen-bond acceptors (Lipinski definition) is 7. The predicted molar refractivity (Wildman–Crippen MR) is 98.0 cm³/mol. The molecule has 2 aromatic heterocycles. The summed E-state index contributed by atoms with van der Waals surface area (Å²) in [7, 11) is 0. The minimum atomic E-state index is 0. The quantitative estimate of drug-likeness (QED) is 0.154. The van der Waals surface area contributed by atoms with E-state index in [4.69, 9.17) is 15.2 Å². The Hall–Kier alpha value is -1.52. The molecule has 0 spiro atoms. The zero-order valence-corrected chi connectivity index (χ0v) is 17.8. The van der Waals surface area contributed by atoms with Gasteiger partial charge in [0.05, 0.1) is 0 Å². The molecule has 2 heterocycles. The second-order valence-corrected chi connectivity index (χ2v) is 6.47. The minimum absolute atomic E-state index is 0. The van der Waals surface area contributed by atoms with Gasteiger partial charge in [0.1, 0.15) is 10.1 Å². The third-order valence-corrected chi connectivity index (χ3v) is 4.73. The smallest absolute Gasteiger partial charge is 0.257 e. The summed E-state index contributed by atoms with van der Waals surface area (Å²) in [6.45, 7) is 0.794. The van der Waals surface area contributed by atoms with Crippen molar-refractivity contribution >= 4 is 33.6 Å². The van der Waals surface area contributed by atoms with Crippen LogP contribution in [-0.4, -0.2) is 33.0 Å². The number of thioether (sulfide) groups is 2. The normalized spacial score (nSPS) is 11.5. The number of ether oxygens (including phenoxy) is 1. The SMILES string of the molecule is CS/C(=N/O)c1cc[n+](COC[n+]2ccc(/C(=N\O)SC)cc2)cc1.[Cl-].[Cl-]. The van der Waals surface area contributed by atoms with Gasteiger partial charge in [0.2, 0.25) is 0 Å². The lowest BCUT2D eigenvalue weighted by Gasteiger charge is -2.02. The fraction of sp³-hybridized carbons (Fsp3) is 0.250. The summed E-state index contributed by atoms with van der Waals surface area (Å²) >= 11 is 2.76. The summed E-state index contributed by atoms with van der Waals surface area (Å²) in [6, 6.07) is 7.48. The summed E-state index contributed by atoms with van der Waals surface area (Å²) in [4.78, 5) is 0. The number of nitrogens with zero attached hydrogens (tertiary/aromatic N) is 4. The highest BCUT2D eigenvalue weighted by molar-refractivity contribution is 8.14.